The van der Waals surface area contributed by atoms with Crippen LogP contribution in [0.2, 0.25) is 0 Å². The van der Waals surface area contributed by atoms with Crippen molar-refractivity contribution in [3.05, 3.63) is 59.0 Å². The Kier molecular flexibility index (Phi) is 5.45. The van der Waals surface area contributed by atoms with Gasteiger partial charge in [-0.15, -0.1) is 0 Å². The van der Waals surface area contributed by atoms with Crippen molar-refractivity contribution < 1.29 is 17.9 Å². The van der Waals surface area contributed by atoms with Crippen LogP contribution in [0, 0.1) is 0 Å². The van der Waals surface area contributed by atoms with Gasteiger partial charge in [-0.2, -0.15) is 18.3 Å². The summed E-state index contributed by atoms with van der Waals surface area (Å²) in [5, 5.41) is 7.19. The van der Waals surface area contributed by atoms with E-state index < -0.39 is 18.3 Å². The summed E-state index contributed by atoms with van der Waals surface area (Å²) in [4.78, 5) is 14.7. The first kappa shape index (κ1) is 20.9. The number of fused-ring (bicyclic) bond motifs is 3. The van der Waals surface area contributed by atoms with Crippen LogP contribution < -0.4 is 10.3 Å². The molecule has 0 saturated carbocycles. The first-order chi connectivity index (χ1) is 14.7. The average Bonchev–Trinajstić information content (AvgIpc) is 3.20. The van der Waals surface area contributed by atoms with Gasteiger partial charge in [-0.05, 0) is 43.4 Å². The highest BCUT2D eigenvalue weighted by Crippen LogP contribution is 2.30. The number of rotatable bonds is 6. The summed E-state index contributed by atoms with van der Waals surface area (Å²) in [6.07, 6.45) is -3.28. The second kappa shape index (κ2) is 8.07. The summed E-state index contributed by atoms with van der Waals surface area (Å²) in [6.45, 7) is -0.109. The van der Waals surface area contributed by atoms with Crippen molar-refractivity contribution >= 4 is 21.8 Å². The van der Waals surface area contributed by atoms with Crippen LogP contribution in [0.25, 0.3) is 32.9 Å². The van der Waals surface area contributed by atoms with Gasteiger partial charge in [0.05, 0.1) is 22.6 Å². The molecule has 0 amide bonds. The van der Waals surface area contributed by atoms with Gasteiger partial charge in [-0.3, -0.25) is 14.5 Å². The van der Waals surface area contributed by atoms with Crippen LogP contribution in [-0.4, -0.2) is 53.1 Å². The Morgan fingerprint density at radius 3 is 2.61 bits per heavy atom. The topological polar surface area (TPSA) is 63.1 Å². The van der Waals surface area contributed by atoms with Crippen LogP contribution in [0.15, 0.2) is 53.5 Å². The summed E-state index contributed by atoms with van der Waals surface area (Å²) in [5.41, 5.74) is 1.34. The number of hydrogen-bond donors (Lipinski definition) is 1. The van der Waals surface area contributed by atoms with Crippen molar-refractivity contribution in [1.82, 2.24) is 19.7 Å². The molecule has 0 aliphatic heterocycles. The zero-order valence-corrected chi connectivity index (χ0v) is 17.0. The van der Waals surface area contributed by atoms with Crippen LogP contribution in [0.3, 0.4) is 0 Å². The normalized spacial score (nSPS) is 12.2. The van der Waals surface area contributed by atoms with E-state index in [4.69, 9.17) is 4.74 Å². The molecule has 6 nitrogen and oxygen atoms in total. The number of aromatic amines is 1. The van der Waals surface area contributed by atoms with E-state index in [0.717, 1.165) is 16.7 Å². The third kappa shape index (κ3) is 4.41. The molecular weight excluding hydrogens is 409 g/mol. The highest BCUT2D eigenvalue weighted by Gasteiger charge is 2.30. The highest BCUT2D eigenvalue weighted by molar-refractivity contribution is 6.04. The molecule has 2 aromatic heterocycles. The van der Waals surface area contributed by atoms with E-state index in [-0.39, 0.29) is 10.9 Å². The van der Waals surface area contributed by atoms with Crippen molar-refractivity contribution in [2.75, 3.05) is 27.2 Å². The number of ether oxygens (including phenoxy) is 1. The molecule has 2 aromatic carbocycles. The standard InChI is InChI=1S/C22H21F3N4O2/c1-28(2)8-9-31-16-5-3-4-14(10-16)15-6-7-17-19(11-15)29(13-22(23,24)25)21(30)18-12-26-27-20(17)18/h3-7,10-12H,8-9,13H2,1-2H3,(H,26,27). The SMILES string of the molecule is CN(C)CCOc1cccc(-c2ccc3c4[nH]ncc4c(=O)n(CC(F)(F)F)c3c2)c1. The number of benzene rings is 2. The molecule has 0 saturated heterocycles. The summed E-state index contributed by atoms with van der Waals surface area (Å²) in [5.74, 6) is 0.663. The smallest absolute Gasteiger partial charge is 0.406 e. The Bertz CT molecular complexity index is 1290. The molecule has 0 bridgehead atoms. The van der Waals surface area contributed by atoms with E-state index in [9.17, 15) is 18.0 Å². The van der Waals surface area contributed by atoms with Crippen LogP contribution in [0.5, 0.6) is 5.75 Å². The number of likely N-dealkylation sites (N-methyl/N-ethyl adjacent to an activating group) is 1. The lowest BCUT2D eigenvalue weighted by atomic mass is 10.0. The lowest BCUT2D eigenvalue weighted by Crippen LogP contribution is -2.28. The van der Waals surface area contributed by atoms with Gasteiger partial charge in [0.1, 0.15) is 18.9 Å². The molecule has 2 heterocycles. The molecular formula is C22H21F3N4O2. The molecule has 162 valence electrons. The van der Waals surface area contributed by atoms with Gasteiger partial charge in [-0.1, -0.05) is 24.3 Å². The molecule has 0 aliphatic carbocycles. The van der Waals surface area contributed by atoms with E-state index in [2.05, 4.69) is 10.2 Å². The summed E-state index contributed by atoms with van der Waals surface area (Å²) < 4.78 is 46.2. The second-order valence-electron chi connectivity index (χ2n) is 7.58. The zero-order valence-electron chi connectivity index (χ0n) is 17.0. The Morgan fingerprint density at radius 1 is 1.10 bits per heavy atom. The summed E-state index contributed by atoms with van der Waals surface area (Å²) in [7, 11) is 3.90. The maximum atomic E-state index is 13.2. The largest absolute Gasteiger partial charge is 0.492 e. The fourth-order valence-electron chi connectivity index (χ4n) is 3.50. The maximum absolute atomic E-state index is 13.2. The molecule has 0 fully saturated rings. The van der Waals surface area contributed by atoms with Gasteiger partial charge in [0.15, 0.2) is 0 Å². The van der Waals surface area contributed by atoms with E-state index in [1.807, 2.05) is 49.3 Å². The molecule has 0 aliphatic rings. The number of alkyl halides is 3. The number of nitrogens with zero attached hydrogens (tertiary/aromatic N) is 3. The van der Waals surface area contributed by atoms with E-state index >= 15 is 0 Å². The first-order valence-corrected chi connectivity index (χ1v) is 9.67. The fraction of sp³-hybridized carbons (Fsp3) is 0.273. The van der Waals surface area contributed by atoms with Gasteiger partial charge in [0.25, 0.3) is 5.56 Å². The monoisotopic (exact) mass is 430 g/mol. The Labute approximate surface area is 175 Å². The molecule has 0 unspecified atom stereocenters. The van der Waals surface area contributed by atoms with Gasteiger partial charge < -0.3 is 9.64 Å². The first-order valence-electron chi connectivity index (χ1n) is 9.67. The molecule has 31 heavy (non-hydrogen) atoms. The Morgan fingerprint density at radius 2 is 1.87 bits per heavy atom. The van der Waals surface area contributed by atoms with E-state index in [0.29, 0.717) is 28.8 Å². The summed E-state index contributed by atoms with van der Waals surface area (Å²) >= 11 is 0. The van der Waals surface area contributed by atoms with Gasteiger partial charge in [-0.25, -0.2) is 0 Å². The zero-order chi connectivity index (χ0) is 22.2. The highest BCUT2D eigenvalue weighted by atomic mass is 19.4. The van der Waals surface area contributed by atoms with Crippen molar-refractivity contribution in [2.45, 2.75) is 12.7 Å². The van der Waals surface area contributed by atoms with Crippen LogP contribution in [0.1, 0.15) is 0 Å². The molecule has 0 atom stereocenters. The minimum atomic E-state index is -4.54. The van der Waals surface area contributed by atoms with Crippen molar-refractivity contribution in [1.29, 1.82) is 0 Å². The number of H-pyrrole nitrogens is 1. The minimum Gasteiger partial charge on any atom is -0.492 e. The predicted octanol–water partition coefficient (Wildman–Crippen LogP) is 4.05. The molecule has 9 heteroatoms. The van der Waals surface area contributed by atoms with Crippen LogP contribution >= 0.6 is 0 Å². The molecule has 1 N–H and O–H groups in total. The Hall–Kier alpha value is -3.33. The van der Waals surface area contributed by atoms with Crippen molar-refractivity contribution in [3.63, 3.8) is 0 Å². The van der Waals surface area contributed by atoms with E-state index in [1.54, 1.807) is 12.1 Å². The number of aromatic nitrogens is 3. The van der Waals surface area contributed by atoms with E-state index in [1.165, 1.54) is 6.20 Å². The van der Waals surface area contributed by atoms with Crippen molar-refractivity contribution in [3.8, 4) is 16.9 Å². The van der Waals surface area contributed by atoms with Crippen LogP contribution in [0.4, 0.5) is 13.2 Å². The maximum Gasteiger partial charge on any atom is 0.406 e. The Balaban J connectivity index is 1.81. The second-order valence-corrected chi connectivity index (χ2v) is 7.58. The predicted molar refractivity (Wildman–Crippen MR) is 113 cm³/mol. The quantitative estimate of drug-likeness (QED) is 0.501. The lowest BCUT2D eigenvalue weighted by Gasteiger charge is -2.15. The number of hydrogen-bond acceptors (Lipinski definition) is 4. The van der Waals surface area contributed by atoms with Gasteiger partial charge >= 0.3 is 6.18 Å². The van der Waals surface area contributed by atoms with Crippen molar-refractivity contribution in [2.24, 2.45) is 0 Å². The molecule has 4 aromatic rings. The number of halogens is 3. The third-order valence-corrected chi connectivity index (χ3v) is 4.98. The average molecular weight is 430 g/mol. The van der Waals surface area contributed by atoms with Crippen LogP contribution in [-0.2, 0) is 6.54 Å². The molecule has 4 rings (SSSR count). The number of nitrogens with one attached hydrogen (secondary N) is 1. The minimum absolute atomic E-state index is 0.126. The summed E-state index contributed by atoms with van der Waals surface area (Å²) in [6, 6.07) is 12.4. The van der Waals surface area contributed by atoms with Gasteiger partial charge in [0.2, 0.25) is 0 Å². The lowest BCUT2D eigenvalue weighted by molar-refractivity contribution is -0.140. The number of pyridine rings is 1. The van der Waals surface area contributed by atoms with Gasteiger partial charge in [0, 0.05) is 11.9 Å². The molecule has 0 radical (unpaired) electrons. The fourth-order valence-corrected chi connectivity index (χ4v) is 3.50. The molecule has 0 spiro atoms. The third-order valence-electron chi connectivity index (χ3n) is 4.98.